The van der Waals surface area contributed by atoms with Gasteiger partial charge in [-0.3, -0.25) is 9.59 Å². The van der Waals surface area contributed by atoms with E-state index < -0.39 is 5.92 Å². The standard InChI is InChI=1S/C13H15ClN2O3/c14-9-2-1-3-10(8-9)16-6-4-11(13(16)19)12(18)15-5-7-17/h1-3,8,11,17H,4-7H2,(H,15,18). The molecule has 0 aromatic heterocycles. The number of carbonyl (C=O) groups is 2. The fourth-order valence-electron chi connectivity index (χ4n) is 2.13. The van der Waals surface area contributed by atoms with Crippen molar-refractivity contribution in [2.75, 3.05) is 24.6 Å². The van der Waals surface area contributed by atoms with Gasteiger partial charge in [-0.25, -0.2) is 0 Å². The number of aliphatic hydroxyl groups excluding tert-OH is 1. The van der Waals surface area contributed by atoms with Gasteiger partial charge in [-0.05, 0) is 24.6 Å². The van der Waals surface area contributed by atoms with E-state index in [4.69, 9.17) is 16.7 Å². The molecule has 0 aliphatic carbocycles. The van der Waals surface area contributed by atoms with Crippen LogP contribution < -0.4 is 10.2 Å². The molecule has 0 bridgehead atoms. The summed E-state index contributed by atoms with van der Waals surface area (Å²) in [6.07, 6.45) is 0.475. The van der Waals surface area contributed by atoms with Gasteiger partial charge in [0.2, 0.25) is 11.8 Å². The van der Waals surface area contributed by atoms with Crippen LogP contribution in [0.2, 0.25) is 5.02 Å². The van der Waals surface area contributed by atoms with Crippen LogP contribution in [0.5, 0.6) is 0 Å². The number of halogens is 1. The van der Waals surface area contributed by atoms with Gasteiger partial charge in [-0.15, -0.1) is 0 Å². The first-order valence-corrected chi connectivity index (χ1v) is 6.47. The van der Waals surface area contributed by atoms with Crippen molar-refractivity contribution in [3.05, 3.63) is 29.3 Å². The predicted octanol–water partition coefficient (Wildman–Crippen LogP) is 0.801. The van der Waals surface area contributed by atoms with Crippen molar-refractivity contribution in [3.63, 3.8) is 0 Å². The minimum Gasteiger partial charge on any atom is -0.395 e. The van der Waals surface area contributed by atoms with Gasteiger partial charge in [0.1, 0.15) is 5.92 Å². The van der Waals surface area contributed by atoms with Gasteiger partial charge >= 0.3 is 0 Å². The third-order valence-electron chi connectivity index (χ3n) is 3.05. The molecular formula is C13H15ClN2O3. The second-order valence-corrected chi connectivity index (χ2v) is 4.76. The number of hydrogen-bond acceptors (Lipinski definition) is 3. The highest BCUT2D eigenvalue weighted by atomic mass is 35.5. The van der Waals surface area contributed by atoms with Crippen LogP contribution >= 0.6 is 11.6 Å². The monoisotopic (exact) mass is 282 g/mol. The summed E-state index contributed by atoms with van der Waals surface area (Å²) in [5.41, 5.74) is 0.704. The van der Waals surface area contributed by atoms with Crippen LogP contribution in [0.1, 0.15) is 6.42 Å². The maximum Gasteiger partial charge on any atom is 0.239 e. The van der Waals surface area contributed by atoms with Crippen LogP contribution in [0.3, 0.4) is 0 Å². The van der Waals surface area contributed by atoms with Crippen molar-refractivity contribution in [3.8, 4) is 0 Å². The summed E-state index contributed by atoms with van der Waals surface area (Å²) in [7, 11) is 0. The molecule has 6 heteroatoms. The van der Waals surface area contributed by atoms with E-state index in [9.17, 15) is 9.59 Å². The molecule has 0 saturated carbocycles. The number of hydrogen-bond donors (Lipinski definition) is 2. The first kappa shape index (κ1) is 13.8. The largest absolute Gasteiger partial charge is 0.395 e. The van der Waals surface area contributed by atoms with E-state index in [1.807, 2.05) is 0 Å². The van der Waals surface area contributed by atoms with E-state index in [0.29, 0.717) is 23.7 Å². The van der Waals surface area contributed by atoms with Crippen LogP contribution in [0, 0.1) is 5.92 Å². The Hall–Kier alpha value is -1.59. The Balaban J connectivity index is 2.07. The molecule has 1 aromatic rings. The third kappa shape index (κ3) is 3.05. The first-order valence-electron chi connectivity index (χ1n) is 6.09. The van der Waals surface area contributed by atoms with Gasteiger partial charge in [0.15, 0.2) is 0 Å². The van der Waals surface area contributed by atoms with Gasteiger partial charge < -0.3 is 15.3 Å². The summed E-state index contributed by atoms with van der Waals surface area (Å²) in [6.45, 7) is 0.529. The average Bonchev–Trinajstić information content (AvgIpc) is 2.78. The number of amides is 2. The molecule has 1 saturated heterocycles. The molecule has 1 aliphatic rings. The summed E-state index contributed by atoms with van der Waals surface area (Å²) >= 11 is 5.89. The number of rotatable bonds is 4. The highest BCUT2D eigenvalue weighted by Gasteiger charge is 2.37. The zero-order valence-corrected chi connectivity index (χ0v) is 11.1. The lowest BCUT2D eigenvalue weighted by Gasteiger charge is -2.16. The normalized spacial score (nSPS) is 18.7. The summed E-state index contributed by atoms with van der Waals surface area (Å²) in [5, 5.41) is 11.7. The lowest BCUT2D eigenvalue weighted by atomic mass is 10.1. The Bertz CT molecular complexity index is 493. The van der Waals surface area contributed by atoms with Gasteiger partial charge in [-0.1, -0.05) is 17.7 Å². The molecule has 102 valence electrons. The number of nitrogens with zero attached hydrogens (tertiary/aromatic N) is 1. The van der Waals surface area contributed by atoms with Crippen LogP contribution in [0.15, 0.2) is 24.3 Å². The molecule has 2 N–H and O–H groups in total. The fraction of sp³-hybridized carbons (Fsp3) is 0.385. The van der Waals surface area contributed by atoms with E-state index in [1.54, 1.807) is 29.2 Å². The highest BCUT2D eigenvalue weighted by Crippen LogP contribution is 2.27. The number of carbonyl (C=O) groups excluding carboxylic acids is 2. The maximum atomic E-state index is 12.2. The van der Waals surface area contributed by atoms with E-state index in [-0.39, 0.29) is 25.0 Å². The molecule has 1 atom stereocenters. The summed E-state index contributed by atoms with van der Waals surface area (Å²) < 4.78 is 0. The van der Waals surface area contributed by atoms with E-state index in [2.05, 4.69) is 5.32 Å². The van der Waals surface area contributed by atoms with E-state index in [1.165, 1.54) is 0 Å². The zero-order valence-electron chi connectivity index (χ0n) is 10.3. The Morgan fingerprint density at radius 1 is 1.53 bits per heavy atom. The summed E-state index contributed by atoms with van der Waals surface area (Å²) in [4.78, 5) is 25.5. The molecule has 1 aliphatic heterocycles. The van der Waals surface area contributed by atoms with Crippen molar-refractivity contribution in [1.82, 2.24) is 5.32 Å². The molecule has 1 heterocycles. The molecule has 1 aromatic carbocycles. The van der Waals surface area contributed by atoms with Crippen molar-refractivity contribution >= 4 is 29.1 Å². The molecule has 1 fully saturated rings. The molecular weight excluding hydrogens is 268 g/mol. The minimum absolute atomic E-state index is 0.134. The van der Waals surface area contributed by atoms with Crippen LogP contribution in [0.25, 0.3) is 0 Å². The quantitative estimate of drug-likeness (QED) is 0.803. The lowest BCUT2D eigenvalue weighted by Crippen LogP contribution is -2.37. The Kier molecular flexibility index (Phi) is 4.39. The molecule has 5 nitrogen and oxygen atoms in total. The molecule has 2 rings (SSSR count). The number of anilines is 1. The molecule has 0 radical (unpaired) electrons. The second kappa shape index (κ2) is 6.04. The van der Waals surface area contributed by atoms with Crippen LogP contribution in [-0.4, -0.2) is 36.6 Å². The van der Waals surface area contributed by atoms with Crippen molar-refractivity contribution in [1.29, 1.82) is 0 Å². The lowest BCUT2D eigenvalue weighted by molar-refractivity contribution is -0.132. The van der Waals surface area contributed by atoms with Crippen molar-refractivity contribution in [2.45, 2.75) is 6.42 Å². The number of aliphatic hydroxyl groups is 1. The van der Waals surface area contributed by atoms with Gasteiger partial charge in [-0.2, -0.15) is 0 Å². The first-order chi connectivity index (χ1) is 9.13. The number of nitrogens with one attached hydrogen (secondary N) is 1. The van der Waals surface area contributed by atoms with Crippen LogP contribution in [0.4, 0.5) is 5.69 Å². The topological polar surface area (TPSA) is 69.6 Å². The van der Waals surface area contributed by atoms with Gasteiger partial charge in [0, 0.05) is 23.8 Å². The van der Waals surface area contributed by atoms with Gasteiger partial charge in [0.05, 0.1) is 6.61 Å². The predicted molar refractivity (Wildman–Crippen MR) is 72.0 cm³/mol. The summed E-state index contributed by atoms with van der Waals surface area (Å²) in [5.74, 6) is -1.23. The maximum absolute atomic E-state index is 12.2. The van der Waals surface area contributed by atoms with E-state index in [0.717, 1.165) is 0 Å². The van der Waals surface area contributed by atoms with Crippen LogP contribution in [-0.2, 0) is 9.59 Å². The third-order valence-corrected chi connectivity index (χ3v) is 3.29. The molecule has 19 heavy (non-hydrogen) atoms. The van der Waals surface area contributed by atoms with Crippen molar-refractivity contribution in [2.24, 2.45) is 5.92 Å². The van der Waals surface area contributed by atoms with Crippen molar-refractivity contribution < 1.29 is 14.7 Å². The molecule has 2 amide bonds. The number of benzene rings is 1. The minimum atomic E-state index is -0.675. The SMILES string of the molecule is O=C(NCCO)C1CCN(c2cccc(Cl)c2)C1=O. The Morgan fingerprint density at radius 2 is 2.32 bits per heavy atom. The second-order valence-electron chi connectivity index (χ2n) is 4.33. The van der Waals surface area contributed by atoms with E-state index >= 15 is 0 Å². The summed E-state index contributed by atoms with van der Waals surface area (Å²) in [6, 6.07) is 6.99. The zero-order chi connectivity index (χ0) is 13.8. The molecule has 1 unspecified atom stereocenters. The average molecular weight is 283 g/mol. The Labute approximate surface area is 116 Å². The smallest absolute Gasteiger partial charge is 0.239 e. The van der Waals surface area contributed by atoms with Gasteiger partial charge in [0.25, 0.3) is 0 Å². The highest BCUT2D eigenvalue weighted by molar-refractivity contribution is 6.31. The Morgan fingerprint density at radius 3 is 3.00 bits per heavy atom. The fourth-order valence-corrected chi connectivity index (χ4v) is 2.31. The molecule has 0 spiro atoms.